The van der Waals surface area contributed by atoms with E-state index in [0.29, 0.717) is 0 Å². The number of furan rings is 1. The van der Waals surface area contributed by atoms with E-state index in [0.717, 1.165) is 29.7 Å². The number of hydrogen-bond acceptors (Lipinski definition) is 3. The number of fused-ring (bicyclic) bond motifs is 1. The Balaban J connectivity index is 2.27. The van der Waals surface area contributed by atoms with Crippen LogP contribution in [0.15, 0.2) is 34.7 Å². The second kappa shape index (κ2) is 5.76. The standard InChI is InChI=1S/C16H23NO2/c1-5-17-13(11-16(2,3)18-4)15-10-12-8-6-7-9-14(12)19-15/h6-10,13,17H,5,11H2,1-4H3. The van der Waals surface area contributed by atoms with Crippen molar-refractivity contribution in [3.63, 3.8) is 0 Å². The summed E-state index contributed by atoms with van der Waals surface area (Å²) in [5.41, 5.74) is 0.766. The molecule has 1 aromatic heterocycles. The van der Waals surface area contributed by atoms with Gasteiger partial charge in [-0.2, -0.15) is 0 Å². The summed E-state index contributed by atoms with van der Waals surface area (Å²) < 4.78 is 11.5. The number of benzene rings is 1. The van der Waals surface area contributed by atoms with E-state index in [4.69, 9.17) is 9.15 Å². The molecule has 0 saturated heterocycles. The molecule has 0 radical (unpaired) electrons. The normalized spacial score (nSPS) is 13.9. The van der Waals surface area contributed by atoms with Crippen LogP contribution in [0.4, 0.5) is 0 Å². The van der Waals surface area contributed by atoms with Crippen LogP contribution in [0.3, 0.4) is 0 Å². The first-order chi connectivity index (χ1) is 9.05. The molecule has 0 aliphatic carbocycles. The fraction of sp³-hybridized carbons (Fsp3) is 0.500. The Labute approximate surface area is 114 Å². The molecule has 3 heteroatoms. The van der Waals surface area contributed by atoms with Gasteiger partial charge in [-0.25, -0.2) is 0 Å². The first kappa shape index (κ1) is 14.1. The average Bonchev–Trinajstić information content (AvgIpc) is 2.82. The predicted molar refractivity (Wildman–Crippen MR) is 78.3 cm³/mol. The molecule has 0 fully saturated rings. The van der Waals surface area contributed by atoms with Crippen molar-refractivity contribution in [2.45, 2.75) is 38.8 Å². The molecule has 0 spiro atoms. The summed E-state index contributed by atoms with van der Waals surface area (Å²) in [7, 11) is 1.75. The lowest BCUT2D eigenvalue weighted by molar-refractivity contribution is 0.00529. The van der Waals surface area contributed by atoms with Crippen LogP contribution < -0.4 is 5.32 Å². The van der Waals surface area contributed by atoms with Crippen molar-refractivity contribution in [2.24, 2.45) is 0 Å². The van der Waals surface area contributed by atoms with Gasteiger partial charge in [0.05, 0.1) is 11.6 Å². The highest BCUT2D eigenvalue weighted by Crippen LogP contribution is 2.30. The Kier molecular flexibility index (Phi) is 4.27. The molecule has 0 aliphatic heterocycles. The van der Waals surface area contributed by atoms with Crippen LogP contribution in [0.1, 0.15) is 39.0 Å². The molecule has 2 rings (SSSR count). The molecule has 1 aromatic carbocycles. The van der Waals surface area contributed by atoms with Gasteiger partial charge >= 0.3 is 0 Å². The van der Waals surface area contributed by atoms with Gasteiger partial charge in [-0.3, -0.25) is 0 Å². The number of hydrogen-bond donors (Lipinski definition) is 1. The number of nitrogens with one attached hydrogen (secondary N) is 1. The Hall–Kier alpha value is -1.32. The van der Waals surface area contributed by atoms with Crippen molar-refractivity contribution < 1.29 is 9.15 Å². The first-order valence-corrected chi connectivity index (χ1v) is 6.83. The SMILES string of the molecule is CCNC(CC(C)(C)OC)c1cc2ccccc2o1. The van der Waals surface area contributed by atoms with Gasteiger partial charge in [0.15, 0.2) is 0 Å². The monoisotopic (exact) mass is 261 g/mol. The first-order valence-electron chi connectivity index (χ1n) is 6.83. The number of ether oxygens (including phenoxy) is 1. The molecule has 1 atom stereocenters. The third-order valence-electron chi connectivity index (χ3n) is 3.49. The Morgan fingerprint density at radius 1 is 1.32 bits per heavy atom. The van der Waals surface area contributed by atoms with Crippen molar-refractivity contribution in [3.8, 4) is 0 Å². The summed E-state index contributed by atoms with van der Waals surface area (Å²) in [6.07, 6.45) is 0.872. The fourth-order valence-corrected chi connectivity index (χ4v) is 2.27. The minimum Gasteiger partial charge on any atom is -0.459 e. The smallest absolute Gasteiger partial charge is 0.134 e. The van der Waals surface area contributed by atoms with Crippen LogP contribution >= 0.6 is 0 Å². The van der Waals surface area contributed by atoms with E-state index in [-0.39, 0.29) is 11.6 Å². The summed E-state index contributed by atoms with van der Waals surface area (Å²) >= 11 is 0. The van der Waals surface area contributed by atoms with Crippen LogP contribution in [0.25, 0.3) is 11.0 Å². The maximum absolute atomic E-state index is 5.96. The van der Waals surface area contributed by atoms with Gasteiger partial charge in [0.25, 0.3) is 0 Å². The highest BCUT2D eigenvalue weighted by molar-refractivity contribution is 5.77. The Bertz CT molecular complexity index is 497. The maximum Gasteiger partial charge on any atom is 0.134 e. The lowest BCUT2D eigenvalue weighted by Gasteiger charge is -2.27. The molecule has 0 saturated carbocycles. The van der Waals surface area contributed by atoms with Gasteiger partial charge < -0.3 is 14.5 Å². The number of para-hydroxylation sites is 1. The lowest BCUT2D eigenvalue weighted by atomic mass is 9.97. The van der Waals surface area contributed by atoms with Crippen LogP contribution in [0.5, 0.6) is 0 Å². The Morgan fingerprint density at radius 3 is 2.68 bits per heavy atom. The Morgan fingerprint density at radius 2 is 2.05 bits per heavy atom. The summed E-state index contributed by atoms with van der Waals surface area (Å²) in [5, 5.41) is 4.63. The average molecular weight is 261 g/mol. The van der Waals surface area contributed by atoms with E-state index in [9.17, 15) is 0 Å². The second-order valence-electron chi connectivity index (χ2n) is 5.46. The summed E-state index contributed by atoms with van der Waals surface area (Å²) in [4.78, 5) is 0. The summed E-state index contributed by atoms with van der Waals surface area (Å²) in [6, 6.07) is 10.4. The largest absolute Gasteiger partial charge is 0.459 e. The van der Waals surface area contributed by atoms with Gasteiger partial charge in [0.2, 0.25) is 0 Å². The van der Waals surface area contributed by atoms with Gasteiger partial charge in [-0.05, 0) is 38.9 Å². The van der Waals surface area contributed by atoms with E-state index < -0.39 is 0 Å². The van der Waals surface area contributed by atoms with Crippen molar-refractivity contribution >= 4 is 11.0 Å². The quantitative estimate of drug-likeness (QED) is 0.856. The molecule has 1 heterocycles. The van der Waals surface area contributed by atoms with Gasteiger partial charge in [-0.15, -0.1) is 0 Å². The van der Waals surface area contributed by atoms with Crippen LogP contribution in [-0.2, 0) is 4.74 Å². The molecule has 2 aromatic rings. The zero-order valence-corrected chi connectivity index (χ0v) is 12.2. The summed E-state index contributed by atoms with van der Waals surface area (Å²) in [5.74, 6) is 0.980. The third-order valence-corrected chi connectivity index (χ3v) is 3.49. The predicted octanol–water partition coefficient (Wildman–Crippen LogP) is 3.90. The maximum atomic E-state index is 5.96. The third kappa shape index (κ3) is 3.37. The molecule has 104 valence electrons. The zero-order chi connectivity index (χ0) is 13.9. The zero-order valence-electron chi connectivity index (χ0n) is 12.2. The van der Waals surface area contributed by atoms with Crippen LogP contribution in [0.2, 0.25) is 0 Å². The van der Waals surface area contributed by atoms with Crippen LogP contribution in [-0.4, -0.2) is 19.3 Å². The molecular formula is C16H23NO2. The molecule has 0 aliphatic rings. The van der Waals surface area contributed by atoms with Crippen molar-refractivity contribution in [2.75, 3.05) is 13.7 Å². The minimum absolute atomic E-state index is 0.173. The van der Waals surface area contributed by atoms with E-state index >= 15 is 0 Å². The lowest BCUT2D eigenvalue weighted by Crippen LogP contribution is -2.31. The number of methoxy groups -OCH3 is 1. The van der Waals surface area contributed by atoms with Crippen LogP contribution in [0, 0.1) is 0 Å². The topological polar surface area (TPSA) is 34.4 Å². The molecule has 3 nitrogen and oxygen atoms in total. The van der Waals surface area contributed by atoms with Gasteiger partial charge in [0, 0.05) is 12.5 Å². The summed E-state index contributed by atoms with van der Waals surface area (Å²) in [6.45, 7) is 7.21. The van der Waals surface area contributed by atoms with E-state index in [1.165, 1.54) is 0 Å². The van der Waals surface area contributed by atoms with E-state index in [1.54, 1.807) is 7.11 Å². The molecule has 1 unspecified atom stereocenters. The number of rotatable bonds is 6. The molecule has 19 heavy (non-hydrogen) atoms. The van der Waals surface area contributed by atoms with E-state index in [1.807, 2.05) is 18.2 Å². The van der Waals surface area contributed by atoms with Crippen molar-refractivity contribution in [1.82, 2.24) is 5.32 Å². The molecule has 0 amide bonds. The van der Waals surface area contributed by atoms with Gasteiger partial charge in [-0.1, -0.05) is 25.1 Å². The molecule has 1 N–H and O–H groups in total. The van der Waals surface area contributed by atoms with Gasteiger partial charge in [0.1, 0.15) is 11.3 Å². The highest BCUT2D eigenvalue weighted by Gasteiger charge is 2.25. The second-order valence-corrected chi connectivity index (χ2v) is 5.46. The van der Waals surface area contributed by atoms with Crippen molar-refractivity contribution in [3.05, 3.63) is 36.1 Å². The minimum atomic E-state index is -0.175. The highest BCUT2D eigenvalue weighted by atomic mass is 16.5. The van der Waals surface area contributed by atoms with Crippen molar-refractivity contribution in [1.29, 1.82) is 0 Å². The molecular weight excluding hydrogens is 238 g/mol. The molecule has 0 bridgehead atoms. The van der Waals surface area contributed by atoms with E-state index in [2.05, 4.69) is 38.2 Å². The fourth-order valence-electron chi connectivity index (χ4n) is 2.27.